The number of carboxylic acids is 1. The highest BCUT2D eigenvalue weighted by Crippen LogP contribution is 2.08. The lowest BCUT2D eigenvalue weighted by atomic mass is 10.1. The highest BCUT2D eigenvalue weighted by atomic mass is 16.4. The van der Waals surface area contributed by atoms with Crippen LogP contribution >= 0.6 is 0 Å². The first-order valence-corrected chi connectivity index (χ1v) is 5.25. The number of nitrogens with one attached hydrogen (secondary N) is 1. The summed E-state index contributed by atoms with van der Waals surface area (Å²) in [7, 11) is 0. The molecule has 0 radical (unpaired) electrons. The Hall–Kier alpha value is -1.65. The Morgan fingerprint density at radius 3 is 2.75 bits per heavy atom. The summed E-state index contributed by atoms with van der Waals surface area (Å²) in [6, 6.07) is 1.85. The molecule has 0 saturated heterocycles. The van der Waals surface area contributed by atoms with E-state index in [4.69, 9.17) is 5.11 Å². The lowest BCUT2D eigenvalue weighted by Crippen LogP contribution is -2.16. The molecule has 2 N–H and O–H groups in total. The molecule has 1 rings (SSSR count). The molecule has 1 aromatic heterocycles. The van der Waals surface area contributed by atoms with Gasteiger partial charge in [-0.3, -0.25) is 4.79 Å². The van der Waals surface area contributed by atoms with Crippen LogP contribution in [-0.4, -0.2) is 27.6 Å². The average molecular weight is 223 g/mol. The Labute approximate surface area is 94.9 Å². The minimum atomic E-state index is -0.774. The summed E-state index contributed by atoms with van der Waals surface area (Å²) in [6.45, 7) is 6.23. The maximum absolute atomic E-state index is 10.5. The van der Waals surface area contributed by atoms with Crippen molar-refractivity contribution in [3.8, 4) is 0 Å². The number of hydrogen-bond donors (Lipinski definition) is 2. The SMILES string of the molecule is Cc1cc(NCC(C)CC(=O)O)nc(C)n1. The molecular weight excluding hydrogens is 206 g/mol. The Bertz CT molecular complexity index is 359. The molecule has 0 bridgehead atoms. The highest BCUT2D eigenvalue weighted by Gasteiger charge is 2.07. The van der Waals surface area contributed by atoms with Crippen LogP contribution in [0.2, 0.25) is 0 Å². The van der Waals surface area contributed by atoms with Gasteiger partial charge in [0.15, 0.2) is 0 Å². The van der Waals surface area contributed by atoms with Gasteiger partial charge in [-0.25, -0.2) is 9.97 Å². The molecule has 88 valence electrons. The van der Waals surface area contributed by atoms with Gasteiger partial charge in [-0.2, -0.15) is 0 Å². The number of carboxylic acid groups (broad SMARTS) is 1. The van der Waals surface area contributed by atoms with Crippen LogP contribution in [0.25, 0.3) is 0 Å². The van der Waals surface area contributed by atoms with Gasteiger partial charge < -0.3 is 10.4 Å². The first-order valence-electron chi connectivity index (χ1n) is 5.25. The van der Waals surface area contributed by atoms with Gasteiger partial charge >= 0.3 is 5.97 Å². The van der Waals surface area contributed by atoms with Crippen LogP contribution in [0.3, 0.4) is 0 Å². The summed E-state index contributed by atoms with van der Waals surface area (Å²) >= 11 is 0. The minimum Gasteiger partial charge on any atom is -0.481 e. The normalized spacial score (nSPS) is 12.2. The van der Waals surface area contributed by atoms with Gasteiger partial charge in [-0.1, -0.05) is 6.92 Å². The van der Waals surface area contributed by atoms with E-state index in [1.54, 1.807) is 0 Å². The van der Waals surface area contributed by atoms with Gasteiger partial charge in [0.25, 0.3) is 0 Å². The number of anilines is 1. The van der Waals surface area contributed by atoms with Crippen molar-refractivity contribution in [2.75, 3.05) is 11.9 Å². The summed E-state index contributed by atoms with van der Waals surface area (Å²) in [5, 5.41) is 11.7. The molecule has 0 aliphatic rings. The lowest BCUT2D eigenvalue weighted by Gasteiger charge is -2.11. The van der Waals surface area contributed by atoms with Gasteiger partial charge in [0.05, 0.1) is 0 Å². The van der Waals surface area contributed by atoms with Crippen LogP contribution in [0.1, 0.15) is 24.9 Å². The van der Waals surface area contributed by atoms with Crippen LogP contribution in [0.4, 0.5) is 5.82 Å². The second-order valence-electron chi connectivity index (χ2n) is 4.03. The molecule has 5 nitrogen and oxygen atoms in total. The van der Waals surface area contributed by atoms with Crippen molar-refractivity contribution in [2.24, 2.45) is 5.92 Å². The van der Waals surface area contributed by atoms with E-state index in [-0.39, 0.29) is 12.3 Å². The molecule has 1 unspecified atom stereocenters. The summed E-state index contributed by atoms with van der Waals surface area (Å²) in [5.41, 5.74) is 0.904. The number of aliphatic carboxylic acids is 1. The maximum Gasteiger partial charge on any atom is 0.303 e. The van der Waals surface area contributed by atoms with Crippen molar-refractivity contribution in [1.82, 2.24) is 9.97 Å². The molecule has 1 atom stereocenters. The van der Waals surface area contributed by atoms with Gasteiger partial charge in [0.2, 0.25) is 0 Å². The summed E-state index contributed by atoms with van der Waals surface area (Å²) in [6.07, 6.45) is 0.163. The fourth-order valence-electron chi connectivity index (χ4n) is 1.46. The topological polar surface area (TPSA) is 75.1 Å². The molecule has 0 aliphatic carbocycles. The van der Waals surface area contributed by atoms with Gasteiger partial charge in [0, 0.05) is 24.7 Å². The molecular formula is C11H17N3O2. The van der Waals surface area contributed by atoms with Crippen molar-refractivity contribution in [2.45, 2.75) is 27.2 Å². The zero-order valence-corrected chi connectivity index (χ0v) is 9.82. The minimum absolute atomic E-state index is 0.0769. The predicted molar refractivity (Wildman–Crippen MR) is 61.4 cm³/mol. The molecule has 1 aromatic rings. The molecule has 1 heterocycles. The first kappa shape index (κ1) is 12.4. The standard InChI is InChI=1S/C11H17N3O2/c1-7(4-11(15)16)6-12-10-5-8(2)13-9(3)14-10/h5,7H,4,6H2,1-3H3,(H,15,16)(H,12,13,14). The molecule has 0 spiro atoms. The fourth-order valence-corrected chi connectivity index (χ4v) is 1.46. The molecule has 0 saturated carbocycles. The van der Waals surface area contributed by atoms with E-state index in [1.807, 2.05) is 26.8 Å². The summed E-state index contributed by atoms with van der Waals surface area (Å²) in [4.78, 5) is 18.9. The summed E-state index contributed by atoms with van der Waals surface area (Å²) in [5.74, 6) is 0.771. The monoisotopic (exact) mass is 223 g/mol. The van der Waals surface area contributed by atoms with E-state index >= 15 is 0 Å². The van der Waals surface area contributed by atoms with Crippen molar-refractivity contribution in [1.29, 1.82) is 0 Å². The Balaban J connectivity index is 2.51. The second kappa shape index (κ2) is 5.44. The molecule has 0 fully saturated rings. The Kier molecular flexibility index (Phi) is 4.22. The van der Waals surface area contributed by atoms with Gasteiger partial charge in [-0.15, -0.1) is 0 Å². The van der Waals surface area contributed by atoms with Crippen LogP contribution in [0, 0.1) is 19.8 Å². The third-order valence-corrected chi connectivity index (χ3v) is 2.12. The zero-order chi connectivity index (χ0) is 12.1. The van der Waals surface area contributed by atoms with Crippen LogP contribution < -0.4 is 5.32 Å². The van der Waals surface area contributed by atoms with Crippen LogP contribution in [0.5, 0.6) is 0 Å². The lowest BCUT2D eigenvalue weighted by molar-refractivity contribution is -0.137. The van der Waals surface area contributed by atoms with Gasteiger partial charge in [-0.05, 0) is 19.8 Å². The third-order valence-electron chi connectivity index (χ3n) is 2.12. The second-order valence-corrected chi connectivity index (χ2v) is 4.03. The molecule has 0 aliphatic heterocycles. The first-order chi connectivity index (χ1) is 7.47. The van der Waals surface area contributed by atoms with E-state index in [0.717, 1.165) is 11.5 Å². The van der Waals surface area contributed by atoms with E-state index < -0.39 is 5.97 Å². The number of aryl methyl sites for hydroxylation is 2. The highest BCUT2D eigenvalue weighted by molar-refractivity contribution is 5.67. The van der Waals surface area contributed by atoms with E-state index in [2.05, 4.69) is 15.3 Å². The molecule has 0 aromatic carbocycles. The summed E-state index contributed by atoms with van der Waals surface area (Å²) < 4.78 is 0. The predicted octanol–water partition coefficient (Wildman–Crippen LogP) is 1.62. The zero-order valence-electron chi connectivity index (χ0n) is 9.82. The van der Waals surface area contributed by atoms with Crippen LogP contribution in [0.15, 0.2) is 6.07 Å². The van der Waals surface area contributed by atoms with Crippen molar-refractivity contribution in [3.63, 3.8) is 0 Å². The van der Waals surface area contributed by atoms with Crippen molar-refractivity contribution < 1.29 is 9.90 Å². The number of hydrogen-bond acceptors (Lipinski definition) is 4. The van der Waals surface area contributed by atoms with Gasteiger partial charge in [0.1, 0.15) is 11.6 Å². The van der Waals surface area contributed by atoms with Crippen molar-refractivity contribution >= 4 is 11.8 Å². The number of carbonyl (C=O) groups is 1. The van der Waals surface area contributed by atoms with E-state index in [1.165, 1.54) is 0 Å². The van der Waals surface area contributed by atoms with E-state index in [0.29, 0.717) is 12.4 Å². The smallest absolute Gasteiger partial charge is 0.303 e. The third kappa shape index (κ3) is 4.25. The Morgan fingerprint density at radius 1 is 1.50 bits per heavy atom. The molecule has 5 heteroatoms. The fraction of sp³-hybridized carbons (Fsp3) is 0.545. The number of nitrogens with zero attached hydrogens (tertiary/aromatic N) is 2. The van der Waals surface area contributed by atoms with Crippen molar-refractivity contribution in [3.05, 3.63) is 17.6 Å². The maximum atomic E-state index is 10.5. The largest absolute Gasteiger partial charge is 0.481 e. The van der Waals surface area contributed by atoms with Crippen LogP contribution in [-0.2, 0) is 4.79 Å². The molecule has 0 amide bonds. The number of rotatable bonds is 5. The van der Waals surface area contributed by atoms with E-state index in [9.17, 15) is 4.79 Å². The number of aromatic nitrogens is 2. The Morgan fingerprint density at radius 2 is 2.19 bits per heavy atom. The molecule has 16 heavy (non-hydrogen) atoms. The average Bonchev–Trinajstić information content (AvgIpc) is 2.12. The quantitative estimate of drug-likeness (QED) is 0.793.